The summed E-state index contributed by atoms with van der Waals surface area (Å²) in [4.78, 5) is 23.7. The zero-order chi connectivity index (χ0) is 18.5. The first-order valence-corrected chi connectivity index (χ1v) is 8.18. The third-order valence-corrected chi connectivity index (χ3v) is 3.79. The fraction of sp³-hybridized carbons (Fsp3) is 0.0526. The summed E-state index contributed by atoms with van der Waals surface area (Å²) in [5.74, 6) is 0.0252. The fourth-order valence-corrected chi connectivity index (χ4v) is 2.34. The SMILES string of the molecule is CC(=O)c1cccc(NC(=O)c2ccc(Nc3ccc(Cl)cc3)nn2)c1. The van der Waals surface area contributed by atoms with Crippen molar-refractivity contribution in [3.05, 3.63) is 76.9 Å². The Kier molecular flexibility index (Phi) is 5.24. The number of aromatic nitrogens is 2. The predicted octanol–water partition coefficient (Wildman–Crippen LogP) is 4.33. The van der Waals surface area contributed by atoms with Crippen molar-refractivity contribution in [1.82, 2.24) is 10.2 Å². The first kappa shape index (κ1) is 17.6. The Morgan fingerprint density at radius 2 is 1.69 bits per heavy atom. The largest absolute Gasteiger partial charge is 0.339 e. The van der Waals surface area contributed by atoms with Crippen molar-refractivity contribution in [2.45, 2.75) is 6.92 Å². The highest BCUT2D eigenvalue weighted by molar-refractivity contribution is 6.30. The maximum atomic E-state index is 12.3. The summed E-state index contributed by atoms with van der Waals surface area (Å²) in [7, 11) is 0. The molecule has 1 amide bonds. The van der Waals surface area contributed by atoms with Gasteiger partial charge in [0.2, 0.25) is 0 Å². The summed E-state index contributed by atoms with van der Waals surface area (Å²) in [6.45, 7) is 1.47. The van der Waals surface area contributed by atoms with E-state index in [1.165, 1.54) is 6.92 Å². The summed E-state index contributed by atoms with van der Waals surface area (Å²) < 4.78 is 0. The summed E-state index contributed by atoms with van der Waals surface area (Å²) in [6.07, 6.45) is 0. The molecule has 2 N–H and O–H groups in total. The zero-order valence-electron chi connectivity index (χ0n) is 13.9. The van der Waals surface area contributed by atoms with Crippen LogP contribution in [0.25, 0.3) is 0 Å². The van der Waals surface area contributed by atoms with Crippen LogP contribution in [0.15, 0.2) is 60.7 Å². The number of ketones is 1. The molecule has 0 saturated carbocycles. The lowest BCUT2D eigenvalue weighted by molar-refractivity contribution is 0.100. The molecular formula is C19H15ClN4O2. The van der Waals surface area contributed by atoms with Gasteiger partial charge in [-0.25, -0.2) is 0 Å². The van der Waals surface area contributed by atoms with E-state index in [-0.39, 0.29) is 11.5 Å². The standard InChI is InChI=1S/C19H15ClN4O2/c1-12(25)13-3-2-4-16(11-13)22-19(26)17-9-10-18(24-23-17)21-15-7-5-14(20)6-8-15/h2-11H,1H3,(H,21,24)(H,22,26). The first-order chi connectivity index (χ1) is 12.5. The van der Waals surface area contributed by atoms with E-state index >= 15 is 0 Å². The Labute approximate surface area is 155 Å². The monoisotopic (exact) mass is 366 g/mol. The molecule has 0 aliphatic carbocycles. The maximum absolute atomic E-state index is 12.3. The number of benzene rings is 2. The van der Waals surface area contributed by atoms with E-state index in [0.29, 0.717) is 22.1 Å². The molecule has 6 nitrogen and oxygen atoms in total. The second-order valence-corrected chi connectivity index (χ2v) is 5.96. The Bertz CT molecular complexity index is 941. The molecule has 1 aromatic heterocycles. The summed E-state index contributed by atoms with van der Waals surface area (Å²) in [5, 5.41) is 14.3. The number of carbonyl (C=O) groups is 2. The highest BCUT2D eigenvalue weighted by atomic mass is 35.5. The molecule has 0 bridgehead atoms. The average Bonchev–Trinajstić information content (AvgIpc) is 2.64. The number of halogens is 1. The lowest BCUT2D eigenvalue weighted by Crippen LogP contribution is -2.14. The van der Waals surface area contributed by atoms with Gasteiger partial charge in [-0.05, 0) is 55.5 Å². The van der Waals surface area contributed by atoms with Crippen LogP contribution in [0.3, 0.4) is 0 Å². The molecule has 0 radical (unpaired) electrons. The summed E-state index contributed by atoms with van der Waals surface area (Å²) in [6, 6.07) is 17.1. The highest BCUT2D eigenvalue weighted by Gasteiger charge is 2.10. The molecule has 3 aromatic rings. The number of amides is 1. The van der Waals surface area contributed by atoms with Gasteiger partial charge in [0, 0.05) is 22.0 Å². The number of hydrogen-bond donors (Lipinski definition) is 2. The molecule has 0 atom stereocenters. The van der Waals surface area contributed by atoms with Crippen LogP contribution >= 0.6 is 11.6 Å². The molecule has 7 heteroatoms. The molecule has 2 aromatic carbocycles. The molecule has 130 valence electrons. The minimum absolute atomic E-state index is 0.0708. The third kappa shape index (κ3) is 4.43. The van der Waals surface area contributed by atoms with E-state index in [0.717, 1.165) is 5.69 Å². The third-order valence-electron chi connectivity index (χ3n) is 3.54. The van der Waals surface area contributed by atoms with E-state index in [4.69, 9.17) is 11.6 Å². The van der Waals surface area contributed by atoms with Gasteiger partial charge in [-0.2, -0.15) is 0 Å². The Balaban J connectivity index is 1.68. The van der Waals surface area contributed by atoms with Crippen molar-refractivity contribution < 1.29 is 9.59 Å². The van der Waals surface area contributed by atoms with E-state index in [9.17, 15) is 9.59 Å². The minimum Gasteiger partial charge on any atom is -0.339 e. The van der Waals surface area contributed by atoms with Crippen LogP contribution < -0.4 is 10.6 Å². The number of nitrogens with one attached hydrogen (secondary N) is 2. The highest BCUT2D eigenvalue weighted by Crippen LogP contribution is 2.17. The van der Waals surface area contributed by atoms with Crippen molar-refractivity contribution in [2.24, 2.45) is 0 Å². The van der Waals surface area contributed by atoms with Crippen LogP contribution in [-0.4, -0.2) is 21.9 Å². The summed E-state index contributed by atoms with van der Waals surface area (Å²) >= 11 is 5.84. The zero-order valence-corrected chi connectivity index (χ0v) is 14.6. The molecule has 0 unspecified atom stereocenters. The van der Waals surface area contributed by atoms with Gasteiger partial charge in [0.1, 0.15) is 0 Å². The van der Waals surface area contributed by atoms with Gasteiger partial charge in [0.05, 0.1) is 0 Å². The molecule has 0 spiro atoms. The van der Waals surface area contributed by atoms with Gasteiger partial charge in [0.15, 0.2) is 17.3 Å². The second kappa shape index (κ2) is 7.76. The first-order valence-electron chi connectivity index (χ1n) is 7.80. The van der Waals surface area contributed by atoms with E-state index in [1.54, 1.807) is 48.5 Å². The molecule has 3 rings (SSSR count). The lowest BCUT2D eigenvalue weighted by atomic mass is 10.1. The molecule has 0 saturated heterocycles. The fourth-order valence-electron chi connectivity index (χ4n) is 2.21. The molecule has 0 aliphatic rings. The number of hydrogen-bond acceptors (Lipinski definition) is 5. The molecule has 1 heterocycles. The number of Topliss-reactive ketones (excluding diaryl/α,β-unsaturated/α-hetero) is 1. The predicted molar refractivity (Wildman–Crippen MR) is 101 cm³/mol. The van der Waals surface area contributed by atoms with Crippen molar-refractivity contribution in [3.8, 4) is 0 Å². The number of carbonyl (C=O) groups excluding carboxylic acids is 2. The molecule has 26 heavy (non-hydrogen) atoms. The van der Waals surface area contributed by atoms with Crippen molar-refractivity contribution >= 4 is 40.5 Å². The van der Waals surface area contributed by atoms with E-state index in [1.807, 2.05) is 12.1 Å². The normalized spacial score (nSPS) is 10.2. The second-order valence-electron chi connectivity index (χ2n) is 5.53. The molecular weight excluding hydrogens is 352 g/mol. The summed E-state index contributed by atoms with van der Waals surface area (Å²) in [5.41, 5.74) is 2.02. The van der Waals surface area contributed by atoms with Gasteiger partial charge in [-0.3, -0.25) is 9.59 Å². The smallest absolute Gasteiger partial charge is 0.276 e. The number of anilines is 3. The Morgan fingerprint density at radius 3 is 2.35 bits per heavy atom. The van der Waals surface area contributed by atoms with Crippen LogP contribution in [0.4, 0.5) is 17.2 Å². The number of nitrogens with zero attached hydrogens (tertiary/aromatic N) is 2. The topological polar surface area (TPSA) is 84.0 Å². The van der Waals surface area contributed by atoms with Crippen molar-refractivity contribution in [3.63, 3.8) is 0 Å². The van der Waals surface area contributed by atoms with Gasteiger partial charge in [-0.15, -0.1) is 10.2 Å². The minimum atomic E-state index is -0.406. The van der Waals surface area contributed by atoms with Crippen LogP contribution in [0.2, 0.25) is 5.02 Å². The maximum Gasteiger partial charge on any atom is 0.276 e. The average molecular weight is 367 g/mol. The van der Waals surface area contributed by atoms with Crippen LogP contribution in [0.5, 0.6) is 0 Å². The van der Waals surface area contributed by atoms with Crippen LogP contribution in [0, 0.1) is 0 Å². The lowest BCUT2D eigenvalue weighted by Gasteiger charge is -2.07. The number of rotatable bonds is 5. The van der Waals surface area contributed by atoms with Crippen LogP contribution in [0.1, 0.15) is 27.8 Å². The van der Waals surface area contributed by atoms with Gasteiger partial charge < -0.3 is 10.6 Å². The van der Waals surface area contributed by atoms with Crippen LogP contribution in [-0.2, 0) is 0 Å². The molecule has 0 aliphatic heterocycles. The van der Waals surface area contributed by atoms with E-state index < -0.39 is 5.91 Å². The Hall–Kier alpha value is -3.25. The van der Waals surface area contributed by atoms with E-state index in [2.05, 4.69) is 20.8 Å². The molecule has 0 fully saturated rings. The van der Waals surface area contributed by atoms with Gasteiger partial charge in [-0.1, -0.05) is 23.7 Å². The Morgan fingerprint density at radius 1 is 0.923 bits per heavy atom. The quantitative estimate of drug-likeness (QED) is 0.656. The van der Waals surface area contributed by atoms with Crippen molar-refractivity contribution in [1.29, 1.82) is 0 Å². The van der Waals surface area contributed by atoms with Crippen molar-refractivity contribution in [2.75, 3.05) is 10.6 Å². The van der Waals surface area contributed by atoms with Gasteiger partial charge in [0.25, 0.3) is 5.91 Å². The van der Waals surface area contributed by atoms with Gasteiger partial charge >= 0.3 is 0 Å².